The van der Waals surface area contributed by atoms with Crippen LogP contribution in [0.1, 0.15) is 11.1 Å². The molecule has 25 heavy (non-hydrogen) atoms. The van der Waals surface area contributed by atoms with Crippen LogP contribution >= 0.6 is 11.3 Å². The summed E-state index contributed by atoms with van der Waals surface area (Å²) in [5, 5.41) is 4.98. The Morgan fingerprint density at radius 2 is 2.04 bits per heavy atom. The molecule has 5 nitrogen and oxygen atoms in total. The minimum Gasteiger partial charge on any atom is -0.454 e. The van der Waals surface area contributed by atoms with Gasteiger partial charge in [-0.3, -0.25) is 9.78 Å². The van der Waals surface area contributed by atoms with Gasteiger partial charge in [-0.05, 0) is 40.8 Å². The molecule has 0 atom stereocenters. The van der Waals surface area contributed by atoms with E-state index in [1.165, 1.54) is 4.88 Å². The molecule has 0 saturated heterocycles. The SMILES string of the molecule is O=C(Cc1ccc2c(c1)OCO2)NCc1cncc(-c2cccs2)c1. The Morgan fingerprint density at radius 3 is 2.92 bits per heavy atom. The molecule has 0 spiro atoms. The van der Waals surface area contributed by atoms with E-state index >= 15 is 0 Å². The molecule has 2 aromatic heterocycles. The second kappa shape index (κ2) is 6.94. The second-order valence-corrected chi connectivity index (χ2v) is 6.65. The molecular formula is C19H16N2O3S. The Balaban J connectivity index is 1.37. The van der Waals surface area contributed by atoms with E-state index in [1.54, 1.807) is 17.5 Å². The number of hydrogen-bond donors (Lipinski definition) is 1. The molecule has 0 aliphatic carbocycles. The lowest BCUT2D eigenvalue weighted by atomic mass is 10.1. The number of aromatic nitrogens is 1. The summed E-state index contributed by atoms with van der Waals surface area (Å²) in [6.45, 7) is 0.689. The van der Waals surface area contributed by atoms with Crippen molar-refractivity contribution in [3.05, 3.63) is 65.3 Å². The molecule has 1 amide bonds. The number of amides is 1. The number of fused-ring (bicyclic) bond motifs is 1. The maximum absolute atomic E-state index is 12.2. The van der Waals surface area contributed by atoms with Crippen molar-refractivity contribution in [2.24, 2.45) is 0 Å². The number of carbonyl (C=O) groups is 1. The van der Waals surface area contributed by atoms with Crippen LogP contribution in [0.3, 0.4) is 0 Å². The van der Waals surface area contributed by atoms with Gasteiger partial charge < -0.3 is 14.8 Å². The number of benzene rings is 1. The van der Waals surface area contributed by atoms with Gasteiger partial charge in [0.15, 0.2) is 11.5 Å². The van der Waals surface area contributed by atoms with Gasteiger partial charge in [0.25, 0.3) is 0 Å². The highest BCUT2D eigenvalue weighted by molar-refractivity contribution is 7.13. The van der Waals surface area contributed by atoms with Gasteiger partial charge in [0.05, 0.1) is 6.42 Å². The Hall–Kier alpha value is -2.86. The predicted molar refractivity (Wildman–Crippen MR) is 95.7 cm³/mol. The minimum absolute atomic E-state index is 0.0413. The fourth-order valence-electron chi connectivity index (χ4n) is 2.66. The van der Waals surface area contributed by atoms with Gasteiger partial charge >= 0.3 is 0 Å². The van der Waals surface area contributed by atoms with Crippen LogP contribution < -0.4 is 14.8 Å². The van der Waals surface area contributed by atoms with Crippen molar-refractivity contribution in [3.8, 4) is 21.9 Å². The highest BCUT2D eigenvalue weighted by Crippen LogP contribution is 2.32. The molecule has 0 saturated carbocycles. The van der Waals surface area contributed by atoms with Gasteiger partial charge in [0, 0.05) is 29.4 Å². The van der Waals surface area contributed by atoms with Crippen LogP contribution in [0.5, 0.6) is 11.5 Å². The summed E-state index contributed by atoms with van der Waals surface area (Å²) < 4.78 is 10.6. The summed E-state index contributed by atoms with van der Waals surface area (Å²) in [7, 11) is 0. The molecule has 1 N–H and O–H groups in total. The topological polar surface area (TPSA) is 60.5 Å². The van der Waals surface area contributed by atoms with E-state index in [9.17, 15) is 4.79 Å². The summed E-state index contributed by atoms with van der Waals surface area (Å²) in [6, 6.07) is 11.7. The van der Waals surface area contributed by atoms with E-state index in [0.29, 0.717) is 18.7 Å². The third-order valence-electron chi connectivity index (χ3n) is 3.89. The molecule has 126 valence electrons. The van der Waals surface area contributed by atoms with Crippen molar-refractivity contribution in [2.75, 3.05) is 6.79 Å². The molecule has 3 heterocycles. The lowest BCUT2D eigenvalue weighted by Crippen LogP contribution is -2.24. The normalized spacial score (nSPS) is 12.2. The largest absolute Gasteiger partial charge is 0.454 e. The number of thiophene rings is 1. The molecule has 0 bridgehead atoms. The van der Waals surface area contributed by atoms with Gasteiger partial charge in [0.2, 0.25) is 12.7 Å². The van der Waals surface area contributed by atoms with Gasteiger partial charge in [-0.1, -0.05) is 12.1 Å². The molecule has 0 fully saturated rings. The molecule has 1 aliphatic rings. The summed E-state index contributed by atoms with van der Waals surface area (Å²) in [4.78, 5) is 17.6. The number of pyridine rings is 1. The lowest BCUT2D eigenvalue weighted by Gasteiger charge is -2.07. The molecule has 4 rings (SSSR count). The smallest absolute Gasteiger partial charge is 0.231 e. The van der Waals surface area contributed by atoms with Crippen LogP contribution in [0.15, 0.2) is 54.2 Å². The third kappa shape index (κ3) is 3.64. The minimum atomic E-state index is -0.0413. The highest BCUT2D eigenvalue weighted by Gasteiger charge is 2.14. The average molecular weight is 352 g/mol. The molecule has 0 radical (unpaired) electrons. The van der Waals surface area contributed by atoms with Crippen LogP contribution in [0.25, 0.3) is 10.4 Å². The lowest BCUT2D eigenvalue weighted by molar-refractivity contribution is -0.120. The van der Waals surface area contributed by atoms with E-state index in [0.717, 1.165) is 22.4 Å². The molecule has 3 aromatic rings. The van der Waals surface area contributed by atoms with Crippen LogP contribution in [0, 0.1) is 0 Å². The molecule has 1 aromatic carbocycles. The van der Waals surface area contributed by atoms with E-state index in [4.69, 9.17) is 9.47 Å². The number of hydrogen-bond acceptors (Lipinski definition) is 5. The molecular weight excluding hydrogens is 336 g/mol. The van der Waals surface area contributed by atoms with Gasteiger partial charge in [-0.25, -0.2) is 0 Å². The fraction of sp³-hybridized carbons (Fsp3) is 0.158. The Bertz CT molecular complexity index is 893. The van der Waals surface area contributed by atoms with Crippen LogP contribution in [0.2, 0.25) is 0 Å². The maximum atomic E-state index is 12.2. The summed E-state index contributed by atoms with van der Waals surface area (Å²) in [5.74, 6) is 1.37. The van der Waals surface area contributed by atoms with Crippen molar-refractivity contribution in [3.63, 3.8) is 0 Å². The Morgan fingerprint density at radius 1 is 1.12 bits per heavy atom. The maximum Gasteiger partial charge on any atom is 0.231 e. The first-order valence-corrected chi connectivity index (χ1v) is 8.79. The third-order valence-corrected chi connectivity index (χ3v) is 4.81. The summed E-state index contributed by atoms with van der Waals surface area (Å²) in [6.07, 6.45) is 3.91. The second-order valence-electron chi connectivity index (χ2n) is 5.70. The van der Waals surface area contributed by atoms with E-state index in [2.05, 4.69) is 22.4 Å². The van der Waals surface area contributed by atoms with E-state index in [1.807, 2.05) is 35.8 Å². The zero-order valence-corrected chi connectivity index (χ0v) is 14.2. The molecule has 6 heteroatoms. The van der Waals surface area contributed by atoms with Gasteiger partial charge in [-0.15, -0.1) is 11.3 Å². The Kier molecular flexibility index (Phi) is 4.35. The first-order chi connectivity index (χ1) is 12.3. The standard InChI is InChI=1S/C19H16N2O3S/c22-19(8-13-3-4-16-17(7-13)24-12-23-16)21-10-14-6-15(11-20-9-14)18-2-1-5-25-18/h1-7,9,11H,8,10,12H2,(H,21,22). The van der Waals surface area contributed by atoms with Gasteiger partial charge in [-0.2, -0.15) is 0 Å². The van der Waals surface area contributed by atoms with Crippen molar-refractivity contribution in [2.45, 2.75) is 13.0 Å². The number of nitrogens with zero attached hydrogens (tertiary/aromatic N) is 1. The number of rotatable bonds is 5. The number of nitrogens with one attached hydrogen (secondary N) is 1. The first kappa shape index (κ1) is 15.7. The first-order valence-electron chi connectivity index (χ1n) is 7.91. The zero-order valence-electron chi connectivity index (χ0n) is 13.4. The average Bonchev–Trinajstić information content (AvgIpc) is 3.31. The fourth-order valence-corrected chi connectivity index (χ4v) is 3.37. The number of ether oxygens (including phenoxy) is 2. The van der Waals surface area contributed by atoms with Crippen LogP contribution in [-0.2, 0) is 17.8 Å². The summed E-state index contributed by atoms with van der Waals surface area (Å²) in [5.41, 5.74) is 2.94. The predicted octanol–water partition coefficient (Wildman–Crippen LogP) is 3.40. The van der Waals surface area contributed by atoms with Crippen molar-refractivity contribution >= 4 is 17.2 Å². The van der Waals surface area contributed by atoms with Crippen molar-refractivity contribution in [1.29, 1.82) is 0 Å². The van der Waals surface area contributed by atoms with Gasteiger partial charge in [0.1, 0.15) is 0 Å². The van der Waals surface area contributed by atoms with E-state index < -0.39 is 0 Å². The molecule has 0 unspecified atom stereocenters. The molecule has 1 aliphatic heterocycles. The van der Waals surface area contributed by atoms with Crippen LogP contribution in [-0.4, -0.2) is 17.7 Å². The zero-order chi connectivity index (χ0) is 17.1. The van der Waals surface area contributed by atoms with Crippen LogP contribution in [0.4, 0.5) is 0 Å². The van der Waals surface area contributed by atoms with Crippen molar-refractivity contribution < 1.29 is 14.3 Å². The highest BCUT2D eigenvalue weighted by atomic mass is 32.1. The number of carbonyl (C=O) groups excluding carboxylic acids is 1. The summed E-state index contributed by atoms with van der Waals surface area (Å²) >= 11 is 1.67. The van der Waals surface area contributed by atoms with Crippen molar-refractivity contribution in [1.82, 2.24) is 10.3 Å². The van der Waals surface area contributed by atoms with E-state index in [-0.39, 0.29) is 12.7 Å². The quantitative estimate of drug-likeness (QED) is 0.765. The Labute approximate surface area is 149 Å². The monoisotopic (exact) mass is 352 g/mol.